The van der Waals surface area contributed by atoms with Crippen LogP contribution in [0.5, 0.6) is 0 Å². The van der Waals surface area contributed by atoms with Crippen LogP contribution >= 0.6 is 22.9 Å². The number of halogens is 1. The lowest BCUT2D eigenvalue weighted by atomic mass is 10.0. The van der Waals surface area contributed by atoms with Crippen LogP contribution < -0.4 is 0 Å². The third kappa shape index (κ3) is 2.41. The van der Waals surface area contributed by atoms with Gasteiger partial charge in [0.25, 0.3) is 0 Å². The summed E-state index contributed by atoms with van der Waals surface area (Å²) in [5, 5.41) is 1.80. The fourth-order valence-corrected chi connectivity index (χ4v) is 3.67. The first-order valence-electron chi connectivity index (χ1n) is 7.02. The first-order chi connectivity index (χ1) is 10.8. The van der Waals surface area contributed by atoms with Gasteiger partial charge in [-0.2, -0.15) is 0 Å². The lowest BCUT2D eigenvalue weighted by Gasteiger charge is -2.07. The van der Waals surface area contributed by atoms with Crippen molar-refractivity contribution in [2.45, 2.75) is 0 Å². The average molecular weight is 322 g/mol. The van der Waals surface area contributed by atoms with Gasteiger partial charge >= 0.3 is 0 Å². The average Bonchev–Trinajstić information content (AvgIpc) is 2.99. The highest BCUT2D eigenvalue weighted by Crippen LogP contribution is 2.36. The van der Waals surface area contributed by atoms with E-state index in [0.717, 1.165) is 26.7 Å². The Labute approximate surface area is 137 Å². The maximum atomic E-state index is 6.00. The number of fused-ring (bicyclic) bond motifs is 1. The minimum absolute atomic E-state index is 0.751. The highest BCUT2D eigenvalue weighted by Gasteiger charge is 2.11. The second kappa shape index (κ2) is 5.56. The number of hydrogen-bond donors (Lipinski definition) is 0. The van der Waals surface area contributed by atoms with Gasteiger partial charge in [-0.1, -0.05) is 60.1 Å². The molecule has 0 bridgehead atoms. The molecule has 0 atom stereocenters. The van der Waals surface area contributed by atoms with E-state index in [0.29, 0.717) is 0 Å². The van der Waals surface area contributed by atoms with E-state index in [1.165, 1.54) is 10.3 Å². The molecule has 0 N–H and O–H groups in total. The summed E-state index contributed by atoms with van der Waals surface area (Å²) in [4.78, 5) is 4.78. The fraction of sp³-hybridized carbons (Fsp3) is 0. The van der Waals surface area contributed by atoms with Crippen molar-refractivity contribution in [2.24, 2.45) is 0 Å². The first kappa shape index (κ1) is 13.5. The molecule has 3 heteroatoms. The van der Waals surface area contributed by atoms with Gasteiger partial charge in [0.2, 0.25) is 0 Å². The van der Waals surface area contributed by atoms with Crippen LogP contribution in [0.15, 0.2) is 72.8 Å². The Bertz CT molecular complexity index is 908. The van der Waals surface area contributed by atoms with Gasteiger partial charge in [0.05, 0.1) is 10.2 Å². The van der Waals surface area contributed by atoms with Crippen molar-refractivity contribution in [3.8, 4) is 21.7 Å². The smallest absolute Gasteiger partial charge is 0.125 e. The first-order valence-corrected chi connectivity index (χ1v) is 8.21. The zero-order chi connectivity index (χ0) is 14.9. The molecule has 22 heavy (non-hydrogen) atoms. The molecule has 3 aromatic carbocycles. The molecule has 0 saturated heterocycles. The third-order valence-corrected chi connectivity index (χ3v) is 4.93. The molecule has 1 nitrogen and oxygen atoms in total. The van der Waals surface area contributed by atoms with Gasteiger partial charge in [0, 0.05) is 10.6 Å². The third-order valence-electron chi connectivity index (χ3n) is 3.61. The molecule has 0 radical (unpaired) electrons. The van der Waals surface area contributed by atoms with Crippen LogP contribution in [0.2, 0.25) is 5.02 Å². The van der Waals surface area contributed by atoms with Gasteiger partial charge in [-0.15, -0.1) is 11.3 Å². The minimum Gasteiger partial charge on any atom is -0.236 e. The van der Waals surface area contributed by atoms with Crippen LogP contribution in [0, 0.1) is 0 Å². The van der Waals surface area contributed by atoms with Crippen LogP contribution in [0.3, 0.4) is 0 Å². The monoisotopic (exact) mass is 321 g/mol. The van der Waals surface area contributed by atoms with E-state index in [9.17, 15) is 0 Å². The molecule has 4 rings (SSSR count). The molecule has 0 aliphatic heterocycles. The normalized spacial score (nSPS) is 11.0. The van der Waals surface area contributed by atoms with Crippen molar-refractivity contribution in [1.82, 2.24) is 4.98 Å². The van der Waals surface area contributed by atoms with Crippen LogP contribution in [-0.4, -0.2) is 4.98 Å². The van der Waals surface area contributed by atoms with E-state index in [1.54, 1.807) is 11.3 Å². The van der Waals surface area contributed by atoms with Gasteiger partial charge < -0.3 is 0 Å². The molecule has 0 amide bonds. The van der Waals surface area contributed by atoms with E-state index < -0.39 is 0 Å². The number of thiazole rings is 1. The Balaban J connectivity index is 1.90. The van der Waals surface area contributed by atoms with E-state index in [1.807, 2.05) is 18.2 Å². The number of rotatable bonds is 2. The highest BCUT2D eigenvalue weighted by atomic mass is 35.5. The number of hydrogen-bond acceptors (Lipinski definition) is 2. The summed E-state index contributed by atoms with van der Waals surface area (Å²) in [6.07, 6.45) is 0. The highest BCUT2D eigenvalue weighted by molar-refractivity contribution is 7.21. The number of para-hydroxylation sites is 1. The van der Waals surface area contributed by atoms with Crippen molar-refractivity contribution in [2.75, 3.05) is 0 Å². The van der Waals surface area contributed by atoms with Crippen LogP contribution in [0.1, 0.15) is 0 Å². The quantitative estimate of drug-likeness (QED) is 0.423. The van der Waals surface area contributed by atoms with Crippen molar-refractivity contribution in [1.29, 1.82) is 0 Å². The maximum Gasteiger partial charge on any atom is 0.125 e. The number of nitrogens with zero attached hydrogens (tertiary/aromatic N) is 1. The molecule has 106 valence electrons. The van der Waals surface area contributed by atoms with E-state index in [2.05, 4.69) is 54.6 Å². The predicted octanol–water partition coefficient (Wildman–Crippen LogP) is 6.28. The SMILES string of the molecule is Clc1ccc(-c2ccccc2-c2nc3ccccc3s2)cc1. The maximum absolute atomic E-state index is 6.00. The van der Waals surface area contributed by atoms with Crippen molar-refractivity contribution in [3.63, 3.8) is 0 Å². The van der Waals surface area contributed by atoms with Crippen LogP contribution in [-0.2, 0) is 0 Å². The molecule has 0 aliphatic carbocycles. The molecule has 1 heterocycles. The fourth-order valence-electron chi connectivity index (χ4n) is 2.54. The summed E-state index contributed by atoms with van der Waals surface area (Å²) < 4.78 is 1.21. The number of benzene rings is 3. The number of aromatic nitrogens is 1. The Morgan fingerprint density at radius 3 is 2.18 bits per heavy atom. The lowest BCUT2D eigenvalue weighted by Crippen LogP contribution is -1.84. The lowest BCUT2D eigenvalue weighted by molar-refractivity contribution is 1.47. The van der Waals surface area contributed by atoms with E-state index >= 15 is 0 Å². The van der Waals surface area contributed by atoms with Gasteiger partial charge in [0.1, 0.15) is 5.01 Å². The Kier molecular flexibility index (Phi) is 3.41. The summed E-state index contributed by atoms with van der Waals surface area (Å²) in [5.74, 6) is 0. The molecular weight excluding hydrogens is 310 g/mol. The zero-order valence-electron chi connectivity index (χ0n) is 11.7. The van der Waals surface area contributed by atoms with Crippen LogP contribution in [0.25, 0.3) is 31.9 Å². The standard InChI is InChI=1S/C19H12ClNS/c20-14-11-9-13(10-12-14)15-5-1-2-6-16(15)19-21-17-7-3-4-8-18(17)22-19/h1-12H. The predicted molar refractivity (Wildman–Crippen MR) is 95.5 cm³/mol. The minimum atomic E-state index is 0.751. The zero-order valence-corrected chi connectivity index (χ0v) is 13.2. The van der Waals surface area contributed by atoms with Gasteiger partial charge in [-0.3, -0.25) is 0 Å². The summed E-state index contributed by atoms with van der Waals surface area (Å²) in [6.45, 7) is 0. The molecule has 0 aliphatic rings. The molecular formula is C19H12ClNS. The second-order valence-corrected chi connectivity index (χ2v) is 6.51. The molecule has 0 unspecified atom stereocenters. The van der Waals surface area contributed by atoms with E-state index in [-0.39, 0.29) is 0 Å². The molecule has 0 spiro atoms. The Morgan fingerprint density at radius 2 is 1.41 bits per heavy atom. The van der Waals surface area contributed by atoms with Gasteiger partial charge in [-0.05, 0) is 35.4 Å². The Morgan fingerprint density at radius 1 is 0.727 bits per heavy atom. The van der Waals surface area contributed by atoms with Crippen molar-refractivity contribution >= 4 is 33.2 Å². The largest absolute Gasteiger partial charge is 0.236 e. The van der Waals surface area contributed by atoms with Gasteiger partial charge in [0.15, 0.2) is 0 Å². The van der Waals surface area contributed by atoms with E-state index in [4.69, 9.17) is 16.6 Å². The molecule has 1 aromatic heterocycles. The second-order valence-electron chi connectivity index (χ2n) is 5.04. The molecule has 4 aromatic rings. The Hall–Kier alpha value is -2.16. The molecule has 0 saturated carbocycles. The summed E-state index contributed by atoms with van der Waals surface area (Å²) in [7, 11) is 0. The van der Waals surface area contributed by atoms with Crippen LogP contribution in [0.4, 0.5) is 0 Å². The molecule has 0 fully saturated rings. The summed E-state index contributed by atoms with van der Waals surface area (Å²) >= 11 is 7.72. The summed E-state index contributed by atoms with van der Waals surface area (Å²) in [6, 6.07) is 24.6. The summed E-state index contributed by atoms with van der Waals surface area (Å²) in [5.41, 5.74) is 4.54. The van der Waals surface area contributed by atoms with Crippen molar-refractivity contribution in [3.05, 3.63) is 77.8 Å². The topological polar surface area (TPSA) is 12.9 Å². The van der Waals surface area contributed by atoms with Gasteiger partial charge in [-0.25, -0.2) is 4.98 Å². The van der Waals surface area contributed by atoms with Crippen molar-refractivity contribution < 1.29 is 0 Å².